The molecule has 1 unspecified atom stereocenters. The molecule has 1 aliphatic rings. The third kappa shape index (κ3) is 2.94. The molecular formula is C15H23N3O2. The molecule has 3 N–H and O–H groups in total. The molecule has 0 saturated carbocycles. The molecule has 1 atom stereocenters. The predicted octanol–water partition coefficient (Wildman–Crippen LogP) is 1.50. The van der Waals surface area contributed by atoms with Gasteiger partial charge in [-0.15, -0.1) is 0 Å². The van der Waals surface area contributed by atoms with Crippen molar-refractivity contribution in [3.05, 3.63) is 23.8 Å². The highest BCUT2D eigenvalue weighted by Crippen LogP contribution is 2.34. The van der Waals surface area contributed by atoms with Crippen molar-refractivity contribution in [2.75, 3.05) is 36.5 Å². The minimum absolute atomic E-state index is 0.0100. The van der Waals surface area contributed by atoms with Crippen LogP contribution >= 0.6 is 0 Å². The van der Waals surface area contributed by atoms with Gasteiger partial charge in [-0.05, 0) is 32.0 Å². The van der Waals surface area contributed by atoms with Gasteiger partial charge in [-0.1, -0.05) is 13.0 Å². The van der Waals surface area contributed by atoms with Crippen LogP contribution in [-0.4, -0.2) is 37.3 Å². The van der Waals surface area contributed by atoms with Crippen LogP contribution in [0.1, 0.15) is 31.9 Å². The van der Waals surface area contributed by atoms with Gasteiger partial charge in [-0.25, -0.2) is 0 Å². The molecule has 5 heteroatoms. The number of aliphatic hydroxyl groups excluding tert-OH is 1. The Kier molecular flexibility index (Phi) is 4.98. The summed E-state index contributed by atoms with van der Waals surface area (Å²) < 4.78 is 0. The number of amides is 1. The SMILES string of the molecule is CCCNC1C(=O)Nc2cc(N(CC)CCO)ccc21. The van der Waals surface area contributed by atoms with Crippen LogP contribution in [0.25, 0.3) is 0 Å². The molecule has 1 aromatic rings. The lowest BCUT2D eigenvalue weighted by molar-refractivity contribution is -0.117. The zero-order chi connectivity index (χ0) is 14.5. The Morgan fingerprint density at radius 3 is 2.85 bits per heavy atom. The van der Waals surface area contributed by atoms with Crippen molar-refractivity contribution in [2.45, 2.75) is 26.3 Å². The molecule has 1 amide bonds. The van der Waals surface area contributed by atoms with Crippen molar-refractivity contribution in [3.63, 3.8) is 0 Å². The number of fused-ring (bicyclic) bond motifs is 1. The molecule has 2 rings (SSSR count). The molecule has 1 aliphatic heterocycles. The zero-order valence-corrected chi connectivity index (χ0v) is 12.1. The summed E-state index contributed by atoms with van der Waals surface area (Å²) in [6.45, 7) is 6.50. The standard InChI is InChI=1S/C15H23N3O2/c1-3-7-16-14-12-6-5-11(18(4-2)8-9-19)10-13(12)17-15(14)20/h5-6,10,14,16,19H,3-4,7-9H2,1-2H3,(H,17,20). The van der Waals surface area contributed by atoms with E-state index in [4.69, 9.17) is 5.11 Å². The number of aliphatic hydroxyl groups is 1. The van der Waals surface area contributed by atoms with E-state index in [1.165, 1.54) is 0 Å². The van der Waals surface area contributed by atoms with Crippen LogP contribution in [0.5, 0.6) is 0 Å². The minimum atomic E-state index is -0.244. The van der Waals surface area contributed by atoms with E-state index < -0.39 is 0 Å². The lowest BCUT2D eigenvalue weighted by atomic mass is 10.1. The van der Waals surface area contributed by atoms with Crippen LogP contribution in [0.2, 0.25) is 0 Å². The smallest absolute Gasteiger partial charge is 0.246 e. The second-order valence-electron chi connectivity index (χ2n) is 4.95. The summed E-state index contributed by atoms with van der Waals surface area (Å²) in [6, 6.07) is 5.75. The second kappa shape index (κ2) is 6.72. The van der Waals surface area contributed by atoms with Crippen LogP contribution < -0.4 is 15.5 Å². The highest BCUT2D eigenvalue weighted by Gasteiger charge is 2.30. The Hall–Kier alpha value is -1.59. The van der Waals surface area contributed by atoms with Crippen molar-refractivity contribution >= 4 is 17.3 Å². The van der Waals surface area contributed by atoms with Gasteiger partial charge in [0.05, 0.1) is 6.61 Å². The van der Waals surface area contributed by atoms with Crippen molar-refractivity contribution in [2.24, 2.45) is 0 Å². The van der Waals surface area contributed by atoms with E-state index in [9.17, 15) is 4.79 Å². The number of benzene rings is 1. The molecule has 0 aromatic heterocycles. The van der Waals surface area contributed by atoms with Gasteiger partial charge in [0.25, 0.3) is 0 Å². The quantitative estimate of drug-likeness (QED) is 0.706. The van der Waals surface area contributed by atoms with Gasteiger partial charge in [-0.2, -0.15) is 0 Å². The number of anilines is 2. The molecule has 0 fully saturated rings. The van der Waals surface area contributed by atoms with Crippen LogP contribution in [0.4, 0.5) is 11.4 Å². The highest BCUT2D eigenvalue weighted by molar-refractivity contribution is 6.03. The molecule has 0 bridgehead atoms. The maximum atomic E-state index is 12.0. The van der Waals surface area contributed by atoms with Gasteiger partial charge in [0, 0.05) is 30.0 Å². The van der Waals surface area contributed by atoms with Crippen molar-refractivity contribution in [1.29, 1.82) is 0 Å². The van der Waals surface area contributed by atoms with Gasteiger partial charge in [0.2, 0.25) is 5.91 Å². The van der Waals surface area contributed by atoms with E-state index in [2.05, 4.69) is 22.5 Å². The number of hydrogen-bond donors (Lipinski definition) is 3. The molecule has 0 saturated heterocycles. The van der Waals surface area contributed by atoms with Gasteiger partial charge >= 0.3 is 0 Å². The molecule has 5 nitrogen and oxygen atoms in total. The first-order chi connectivity index (χ1) is 9.71. The maximum Gasteiger partial charge on any atom is 0.246 e. The molecule has 1 heterocycles. The number of nitrogens with zero attached hydrogens (tertiary/aromatic N) is 1. The van der Waals surface area contributed by atoms with Gasteiger partial charge in [-0.3, -0.25) is 4.79 Å². The third-order valence-electron chi connectivity index (χ3n) is 3.58. The fraction of sp³-hybridized carbons (Fsp3) is 0.533. The summed E-state index contributed by atoms with van der Waals surface area (Å²) >= 11 is 0. The predicted molar refractivity (Wildman–Crippen MR) is 81.1 cm³/mol. The Balaban J connectivity index is 2.21. The molecule has 20 heavy (non-hydrogen) atoms. The summed E-state index contributed by atoms with van der Waals surface area (Å²) in [5.41, 5.74) is 2.90. The lowest BCUT2D eigenvalue weighted by Crippen LogP contribution is -2.28. The fourth-order valence-electron chi connectivity index (χ4n) is 2.53. The van der Waals surface area contributed by atoms with Gasteiger partial charge in [0.1, 0.15) is 6.04 Å². The Bertz CT molecular complexity index is 476. The first-order valence-electron chi connectivity index (χ1n) is 7.25. The van der Waals surface area contributed by atoms with E-state index in [1.54, 1.807) is 0 Å². The third-order valence-corrected chi connectivity index (χ3v) is 3.58. The van der Waals surface area contributed by atoms with E-state index in [0.717, 1.165) is 36.4 Å². The summed E-state index contributed by atoms with van der Waals surface area (Å²) in [5.74, 6) is 0.0100. The number of hydrogen-bond acceptors (Lipinski definition) is 4. The van der Waals surface area contributed by atoms with E-state index in [-0.39, 0.29) is 18.6 Å². The van der Waals surface area contributed by atoms with E-state index >= 15 is 0 Å². The molecule has 0 radical (unpaired) electrons. The normalized spacial score (nSPS) is 16.9. The van der Waals surface area contributed by atoms with Crippen LogP contribution in [-0.2, 0) is 4.79 Å². The van der Waals surface area contributed by atoms with Crippen molar-refractivity contribution in [3.8, 4) is 0 Å². The number of nitrogens with one attached hydrogen (secondary N) is 2. The summed E-state index contributed by atoms with van der Waals surface area (Å²) in [5, 5.41) is 15.3. The van der Waals surface area contributed by atoms with Crippen LogP contribution in [0.15, 0.2) is 18.2 Å². The van der Waals surface area contributed by atoms with Crippen molar-refractivity contribution in [1.82, 2.24) is 5.32 Å². The fourth-order valence-corrected chi connectivity index (χ4v) is 2.53. The number of rotatable bonds is 7. The monoisotopic (exact) mass is 277 g/mol. The van der Waals surface area contributed by atoms with Crippen molar-refractivity contribution < 1.29 is 9.90 Å². The van der Waals surface area contributed by atoms with Gasteiger partial charge in [0.15, 0.2) is 0 Å². The lowest BCUT2D eigenvalue weighted by Gasteiger charge is -2.22. The summed E-state index contributed by atoms with van der Waals surface area (Å²) in [4.78, 5) is 14.1. The minimum Gasteiger partial charge on any atom is -0.395 e. The summed E-state index contributed by atoms with van der Waals surface area (Å²) in [6.07, 6.45) is 0.997. The highest BCUT2D eigenvalue weighted by atomic mass is 16.3. The average Bonchev–Trinajstić information content (AvgIpc) is 2.77. The molecular weight excluding hydrogens is 254 g/mol. The average molecular weight is 277 g/mol. The zero-order valence-electron chi connectivity index (χ0n) is 12.1. The maximum absolute atomic E-state index is 12.0. The molecule has 0 aliphatic carbocycles. The Labute approximate surface area is 120 Å². The first kappa shape index (κ1) is 14.8. The Morgan fingerprint density at radius 1 is 1.40 bits per heavy atom. The topological polar surface area (TPSA) is 64.6 Å². The molecule has 0 spiro atoms. The molecule has 1 aromatic carbocycles. The van der Waals surface area contributed by atoms with Crippen LogP contribution in [0, 0.1) is 0 Å². The van der Waals surface area contributed by atoms with E-state index in [0.29, 0.717) is 6.54 Å². The van der Waals surface area contributed by atoms with Crippen LogP contribution in [0.3, 0.4) is 0 Å². The van der Waals surface area contributed by atoms with Gasteiger partial charge < -0.3 is 20.6 Å². The Morgan fingerprint density at radius 2 is 2.20 bits per heavy atom. The first-order valence-corrected chi connectivity index (χ1v) is 7.25. The number of likely N-dealkylation sites (N-methyl/N-ethyl adjacent to an activating group) is 1. The van der Waals surface area contributed by atoms with E-state index in [1.807, 2.05) is 25.1 Å². The largest absolute Gasteiger partial charge is 0.395 e. The summed E-state index contributed by atoms with van der Waals surface area (Å²) in [7, 11) is 0. The number of carbonyl (C=O) groups excluding carboxylic acids is 1. The second-order valence-corrected chi connectivity index (χ2v) is 4.95. The number of carbonyl (C=O) groups is 1. The molecule has 110 valence electrons.